The Morgan fingerprint density at radius 3 is 2.76 bits per heavy atom. The number of ether oxygens (including phenoxy) is 1. The number of amides is 1. The monoisotopic (exact) mass is 485 g/mol. The Kier molecular flexibility index (Phi) is 6.30. The van der Waals surface area contributed by atoms with Crippen molar-refractivity contribution in [3.8, 4) is 5.75 Å². The molecule has 2 heterocycles. The van der Waals surface area contributed by atoms with Gasteiger partial charge in [-0.1, -0.05) is 20.8 Å². The number of H-pyrrole nitrogens is 1. The molecule has 1 aliphatic heterocycles. The summed E-state index contributed by atoms with van der Waals surface area (Å²) in [7, 11) is -2.53. The van der Waals surface area contributed by atoms with Crippen LogP contribution in [0.2, 0.25) is 0 Å². The van der Waals surface area contributed by atoms with E-state index < -0.39 is 15.9 Å². The lowest BCUT2D eigenvalue weighted by molar-refractivity contribution is -0.116. The number of carbonyl (C=O) groups is 1. The fraction of sp³-hybridized carbons (Fsp3) is 0.417. The summed E-state index contributed by atoms with van der Waals surface area (Å²) in [6.45, 7) is 10.3. The Labute approximate surface area is 200 Å². The van der Waals surface area contributed by atoms with Gasteiger partial charge in [-0.25, -0.2) is 8.42 Å². The van der Waals surface area contributed by atoms with Crippen LogP contribution in [0.15, 0.2) is 41.4 Å². The van der Waals surface area contributed by atoms with Crippen LogP contribution < -0.4 is 15.0 Å². The highest BCUT2D eigenvalue weighted by Crippen LogP contribution is 2.35. The minimum atomic E-state index is -3.91. The standard InChI is InChI=1S/C24H31N5O4S/c1-16-10-17-13-25-27-23(17)21(11-16)34(31,32)28(5)14-22(30)26-18-6-7-19-20(12-18)33-9-8-29(19)15-24(2,3)4/h6-7,10-13H,8-9,14-15H2,1-5H3,(H,25,27)(H,26,30). The molecule has 0 radical (unpaired) electrons. The van der Waals surface area contributed by atoms with Gasteiger partial charge in [-0.05, 0) is 42.2 Å². The first-order valence-electron chi connectivity index (χ1n) is 11.2. The molecule has 0 bridgehead atoms. The molecule has 10 heteroatoms. The topological polar surface area (TPSA) is 108 Å². The molecule has 4 rings (SSSR count). The maximum absolute atomic E-state index is 13.2. The second-order valence-electron chi connectivity index (χ2n) is 9.92. The van der Waals surface area contributed by atoms with Gasteiger partial charge in [0, 0.05) is 30.7 Å². The number of hydrogen-bond donors (Lipinski definition) is 2. The van der Waals surface area contributed by atoms with Crippen LogP contribution in [0.4, 0.5) is 11.4 Å². The summed E-state index contributed by atoms with van der Waals surface area (Å²) in [5.41, 5.74) is 2.89. The van der Waals surface area contributed by atoms with Crippen LogP contribution in [0.3, 0.4) is 0 Å². The summed E-state index contributed by atoms with van der Waals surface area (Å²) < 4.78 is 33.3. The van der Waals surface area contributed by atoms with Gasteiger partial charge in [-0.2, -0.15) is 9.40 Å². The molecule has 0 saturated carbocycles. The fourth-order valence-electron chi connectivity index (χ4n) is 4.12. The number of aromatic nitrogens is 2. The molecular weight excluding hydrogens is 454 g/mol. The molecule has 0 fully saturated rings. The first-order chi connectivity index (χ1) is 15.9. The molecule has 9 nitrogen and oxygen atoms in total. The first-order valence-corrected chi connectivity index (χ1v) is 12.6. The van der Waals surface area contributed by atoms with Crippen LogP contribution >= 0.6 is 0 Å². The number of nitrogens with one attached hydrogen (secondary N) is 2. The van der Waals surface area contributed by atoms with Gasteiger partial charge in [0.1, 0.15) is 17.3 Å². The minimum Gasteiger partial charge on any atom is -0.489 e. The second-order valence-corrected chi connectivity index (χ2v) is 11.9. The molecule has 2 N–H and O–H groups in total. The van der Waals surface area contributed by atoms with Gasteiger partial charge in [0.2, 0.25) is 15.9 Å². The third kappa shape index (κ3) is 5.02. The fourth-order valence-corrected chi connectivity index (χ4v) is 5.50. The zero-order valence-corrected chi connectivity index (χ0v) is 21.0. The predicted octanol–water partition coefficient (Wildman–Crippen LogP) is 3.38. The molecule has 1 amide bonds. The molecule has 1 aromatic heterocycles. The average Bonchev–Trinajstić information content (AvgIpc) is 3.20. The molecule has 34 heavy (non-hydrogen) atoms. The zero-order chi connectivity index (χ0) is 24.7. The molecule has 3 aromatic rings. The molecule has 0 spiro atoms. The van der Waals surface area contributed by atoms with Crippen LogP contribution in [0.1, 0.15) is 26.3 Å². The van der Waals surface area contributed by atoms with Crippen molar-refractivity contribution in [1.29, 1.82) is 0 Å². The van der Waals surface area contributed by atoms with E-state index in [4.69, 9.17) is 4.74 Å². The maximum Gasteiger partial charge on any atom is 0.245 e. The summed E-state index contributed by atoms with van der Waals surface area (Å²) in [5.74, 6) is 0.262. The van der Waals surface area contributed by atoms with Gasteiger partial charge >= 0.3 is 0 Å². The molecule has 0 atom stereocenters. The summed E-state index contributed by atoms with van der Waals surface area (Å²) in [5, 5.41) is 10.2. The highest BCUT2D eigenvalue weighted by Gasteiger charge is 2.27. The number of fused-ring (bicyclic) bond motifs is 2. The third-order valence-electron chi connectivity index (χ3n) is 5.58. The third-order valence-corrected chi connectivity index (χ3v) is 7.41. The van der Waals surface area contributed by atoms with Crippen LogP contribution in [-0.4, -0.2) is 62.1 Å². The van der Waals surface area contributed by atoms with Gasteiger partial charge in [0.15, 0.2) is 0 Å². The van der Waals surface area contributed by atoms with E-state index in [0.29, 0.717) is 28.9 Å². The Bertz CT molecular complexity index is 1330. The molecule has 1 aliphatic rings. The number of anilines is 2. The average molecular weight is 486 g/mol. The number of sulfonamides is 1. The van der Waals surface area contributed by atoms with Gasteiger partial charge in [-0.3, -0.25) is 9.89 Å². The maximum atomic E-state index is 13.2. The normalized spacial score (nSPS) is 14.2. The highest BCUT2D eigenvalue weighted by atomic mass is 32.2. The summed E-state index contributed by atoms with van der Waals surface area (Å²) in [6.07, 6.45) is 1.58. The SMILES string of the molecule is Cc1cc(S(=O)(=O)N(C)CC(=O)Nc2ccc3c(c2)OCCN3CC(C)(C)C)c2[nH]ncc2c1. The van der Waals surface area contributed by atoms with E-state index >= 15 is 0 Å². The van der Waals surface area contributed by atoms with Crippen molar-refractivity contribution in [1.82, 2.24) is 14.5 Å². The summed E-state index contributed by atoms with van der Waals surface area (Å²) >= 11 is 0. The van der Waals surface area contributed by atoms with Gasteiger partial charge in [-0.15, -0.1) is 0 Å². The number of aryl methyl sites for hydroxylation is 1. The molecule has 182 valence electrons. The van der Waals surface area contributed by atoms with E-state index in [2.05, 4.69) is 41.2 Å². The number of aromatic amines is 1. The lowest BCUT2D eigenvalue weighted by Crippen LogP contribution is -2.38. The molecule has 0 unspecified atom stereocenters. The number of nitrogens with zero attached hydrogens (tertiary/aromatic N) is 3. The van der Waals surface area contributed by atoms with Crippen LogP contribution in [-0.2, 0) is 14.8 Å². The Morgan fingerprint density at radius 1 is 1.26 bits per heavy atom. The largest absolute Gasteiger partial charge is 0.489 e. The Hall–Kier alpha value is -3.11. The lowest BCUT2D eigenvalue weighted by atomic mass is 9.95. The van der Waals surface area contributed by atoms with Gasteiger partial charge in [0.05, 0.1) is 30.5 Å². The molecule has 0 saturated heterocycles. The van der Waals surface area contributed by atoms with Crippen molar-refractivity contribution in [2.24, 2.45) is 5.41 Å². The number of benzene rings is 2. The Morgan fingerprint density at radius 2 is 2.03 bits per heavy atom. The number of likely N-dealkylation sites (N-methyl/N-ethyl adjacent to an activating group) is 1. The lowest BCUT2D eigenvalue weighted by Gasteiger charge is -2.36. The van der Waals surface area contributed by atoms with E-state index in [0.717, 1.165) is 28.6 Å². The van der Waals surface area contributed by atoms with Crippen LogP contribution in [0, 0.1) is 12.3 Å². The van der Waals surface area contributed by atoms with Crippen molar-refractivity contribution < 1.29 is 17.9 Å². The van der Waals surface area contributed by atoms with Crippen molar-refractivity contribution >= 4 is 38.2 Å². The van der Waals surface area contributed by atoms with Gasteiger partial charge in [0.25, 0.3) is 0 Å². The van der Waals surface area contributed by atoms with E-state index in [-0.39, 0.29) is 16.9 Å². The number of hydrogen-bond acceptors (Lipinski definition) is 6. The number of carbonyl (C=O) groups excluding carboxylic acids is 1. The van der Waals surface area contributed by atoms with Crippen molar-refractivity contribution in [2.75, 3.05) is 43.5 Å². The van der Waals surface area contributed by atoms with Gasteiger partial charge < -0.3 is 15.0 Å². The first kappa shape index (κ1) is 24.0. The van der Waals surface area contributed by atoms with Crippen molar-refractivity contribution in [3.05, 3.63) is 42.1 Å². The Balaban J connectivity index is 1.48. The van der Waals surface area contributed by atoms with Crippen molar-refractivity contribution in [2.45, 2.75) is 32.6 Å². The zero-order valence-electron chi connectivity index (χ0n) is 20.2. The highest BCUT2D eigenvalue weighted by molar-refractivity contribution is 7.89. The van der Waals surface area contributed by atoms with E-state index in [9.17, 15) is 13.2 Å². The molecule has 2 aromatic carbocycles. The van der Waals surface area contributed by atoms with Crippen LogP contribution in [0.5, 0.6) is 5.75 Å². The predicted molar refractivity (Wildman–Crippen MR) is 133 cm³/mol. The van der Waals surface area contributed by atoms with Crippen LogP contribution in [0.25, 0.3) is 10.9 Å². The molecule has 0 aliphatic carbocycles. The molecular formula is C24H31N5O4S. The second kappa shape index (κ2) is 8.92. The van der Waals surface area contributed by atoms with E-state index in [1.807, 2.05) is 25.1 Å². The summed E-state index contributed by atoms with van der Waals surface area (Å²) in [6, 6.07) is 8.95. The van der Waals surface area contributed by atoms with E-state index in [1.54, 1.807) is 18.3 Å². The number of rotatable bonds is 6. The summed E-state index contributed by atoms with van der Waals surface area (Å²) in [4.78, 5) is 15.1. The van der Waals surface area contributed by atoms with E-state index in [1.165, 1.54) is 7.05 Å². The van der Waals surface area contributed by atoms with Crippen molar-refractivity contribution in [3.63, 3.8) is 0 Å². The minimum absolute atomic E-state index is 0.0939. The quantitative estimate of drug-likeness (QED) is 0.554. The smallest absolute Gasteiger partial charge is 0.245 e.